The summed E-state index contributed by atoms with van der Waals surface area (Å²) >= 11 is 5.75. The van der Waals surface area contributed by atoms with Gasteiger partial charge in [0.25, 0.3) is 0 Å². The summed E-state index contributed by atoms with van der Waals surface area (Å²) in [5, 5.41) is 4.26. The molecule has 0 saturated carbocycles. The van der Waals surface area contributed by atoms with Gasteiger partial charge in [-0.15, -0.1) is 0 Å². The largest absolute Gasteiger partial charge is 0.334 e. The van der Waals surface area contributed by atoms with Crippen LogP contribution in [0, 0.1) is 13.8 Å². The molecule has 126 valence electrons. The van der Waals surface area contributed by atoms with Crippen LogP contribution in [-0.2, 0) is 0 Å². The van der Waals surface area contributed by atoms with Crippen LogP contribution in [0.3, 0.4) is 0 Å². The van der Waals surface area contributed by atoms with Crippen molar-refractivity contribution in [3.05, 3.63) is 65.2 Å². The number of nitrogens with zero attached hydrogens (tertiary/aromatic N) is 1. The fraction of sp³-hybridized carbons (Fsp3) is 0.350. The van der Waals surface area contributed by atoms with Crippen LogP contribution < -0.4 is 10.2 Å². The van der Waals surface area contributed by atoms with Gasteiger partial charge < -0.3 is 15.1 Å². The molecule has 0 aromatic heterocycles. The molecule has 1 saturated heterocycles. The Labute approximate surface area is 150 Å². The quantitative estimate of drug-likeness (QED) is 0.820. The lowest BCUT2D eigenvalue weighted by Gasteiger charge is -2.39. The molecule has 3 nitrogen and oxygen atoms in total. The first kappa shape index (κ1) is 16.9. The number of likely N-dealkylation sites (N-methyl/N-ethyl adjacent to an activating group) is 1. The van der Waals surface area contributed by atoms with Crippen LogP contribution in [0.15, 0.2) is 48.5 Å². The fourth-order valence-electron chi connectivity index (χ4n) is 3.24. The zero-order chi connectivity index (χ0) is 17.1. The summed E-state index contributed by atoms with van der Waals surface area (Å²) < 4.78 is 0. The van der Waals surface area contributed by atoms with Crippen LogP contribution in [0.4, 0.5) is 5.69 Å². The van der Waals surface area contributed by atoms with Crippen molar-refractivity contribution >= 4 is 23.0 Å². The molecule has 3 rings (SSSR count). The normalized spacial score (nSPS) is 20.7. The first-order valence-corrected chi connectivity index (χ1v) is 8.96. The topological polar surface area (TPSA) is 19.7 Å². The number of rotatable bonds is 2. The molecule has 1 aliphatic rings. The van der Waals surface area contributed by atoms with E-state index < -0.39 is 0 Å². The lowest BCUT2D eigenvalue weighted by Crippen LogP contribution is -3.12. The van der Waals surface area contributed by atoms with E-state index in [1.807, 2.05) is 0 Å². The molecule has 0 amide bonds. The van der Waals surface area contributed by atoms with Crippen molar-refractivity contribution in [3.63, 3.8) is 0 Å². The monoisotopic (exact) mass is 340 g/mol. The van der Waals surface area contributed by atoms with Crippen LogP contribution >= 0.6 is 12.2 Å². The summed E-state index contributed by atoms with van der Waals surface area (Å²) in [6, 6.07) is 17.4. The lowest BCUT2D eigenvalue weighted by molar-refractivity contribution is -0.887. The van der Waals surface area contributed by atoms with E-state index >= 15 is 0 Å². The maximum Gasteiger partial charge on any atom is 0.174 e. The smallest absolute Gasteiger partial charge is 0.174 e. The van der Waals surface area contributed by atoms with Crippen LogP contribution in [0.25, 0.3) is 0 Å². The third-order valence-corrected chi connectivity index (χ3v) is 5.24. The molecule has 1 fully saturated rings. The van der Waals surface area contributed by atoms with Crippen LogP contribution in [0.1, 0.15) is 22.7 Å². The van der Waals surface area contributed by atoms with Crippen LogP contribution in [0.5, 0.6) is 0 Å². The van der Waals surface area contributed by atoms with Gasteiger partial charge in [-0.25, -0.2) is 0 Å². The van der Waals surface area contributed by atoms with Gasteiger partial charge in [0, 0.05) is 5.69 Å². The van der Waals surface area contributed by atoms with E-state index in [9.17, 15) is 0 Å². The van der Waals surface area contributed by atoms with Gasteiger partial charge in [-0.05, 0) is 54.9 Å². The predicted molar refractivity (Wildman–Crippen MR) is 105 cm³/mol. The highest BCUT2D eigenvalue weighted by molar-refractivity contribution is 7.80. The van der Waals surface area contributed by atoms with Crippen LogP contribution in [-0.4, -0.2) is 36.7 Å². The standard InChI is InChI=1S/C20H25N3S/c1-15-9-10-18(13-16(15)2)21-20(24)23-12-11-22(3)14-19(23)17-7-5-4-6-8-17/h4-10,13,19H,11-12,14H2,1-3H3,(H,21,24)/p+1/t19-/m1/s1. The van der Waals surface area contributed by atoms with Gasteiger partial charge >= 0.3 is 0 Å². The molecule has 1 unspecified atom stereocenters. The Morgan fingerprint density at radius 1 is 1.12 bits per heavy atom. The van der Waals surface area contributed by atoms with E-state index in [2.05, 4.69) is 79.6 Å². The number of piperazine rings is 1. The highest BCUT2D eigenvalue weighted by Gasteiger charge is 2.30. The van der Waals surface area contributed by atoms with Gasteiger partial charge in [0.2, 0.25) is 0 Å². The second-order valence-electron chi connectivity index (χ2n) is 6.76. The summed E-state index contributed by atoms with van der Waals surface area (Å²) in [6.45, 7) is 7.42. The Morgan fingerprint density at radius 3 is 2.58 bits per heavy atom. The van der Waals surface area contributed by atoms with Crippen molar-refractivity contribution in [2.24, 2.45) is 0 Å². The van der Waals surface area contributed by atoms with Crippen molar-refractivity contribution < 1.29 is 4.90 Å². The molecular formula is C20H26N3S+. The molecule has 0 spiro atoms. The Kier molecular flexibility index (Phi) is 5.17. The minimum Gasteiger partial charge on any atom is -0.334 e. The molecule has 2 N–H and O–H groups in total. The molecule has 0 aliphatic carbocycles. The zero-order valence-corrected chi connectivity index (χ0v) is 15.5. The molecule has 2 aromatic rings. The van der Waals surface area contributed by atoms with Gasteiger partial charge in [0.05, 0.1) is 20.1 Å². The third-order valence-electron chi connectivity index (χ3n) is 4.90. The second kappa shape index (κ2) is 7.32. The fourth-order valence-corrected chi connectivity index (χ4v) is 3.58. The highest BCUT2D eigenvalue weighted by atomic mass is 32.1. The number of anilines is 1. The van der Waals surface area contributed by atoms with Gasteiger partial charge in [0.1, 0.15) is 12.6 Å². The third kappa shape index (κ3) is 3.77. The van der Waals surface area contributed by atoms with E-state index in [0.717, 1.165) is 30.4 Å². The van der Waals surface area contributed by atoms with E-state index in [4.69, 9.17) is 12.2 Å². The molecule has 24 heavy (non-hydrogen) atoms. The summed E-state index contributed by atoms with van der Waals surface area (Å²) in [7, 11) is 2.26. The van der Waals surface area contributed by atoms with Crippen molar-refractivity contribution in [1.29, 1.82) is 0 Å². The van der Waals surface area contributed by atoms with Crippen molar-refractivity contribution in [3.8, 4) is 0 Å². The summed E-state index contributed by atoms with van der Waals surface area (Å²) in [4.78, 5) is 3.89. The van der Waals surface area contributed by atoms with Gasteiger partial charge in [-0.1, -0.05) is 36.4 Å². The van der Waals surface area contributed by atoms with E-state index in [0.29, 0.717) is 6.04 Å². The Bertz CT molecular complexity index is 714. The van der Waals surface area contributed by atoms with Gasteiger partial charge in [-0.2, -0.15) is 0 Å². The molecule has 1 aliphatic heterocycles. The number of aryl methyl sites for hydroxylation is 2. The number of benzene rings is 2. The first-order valence-electron chi connectivity index (χ1n) is 8.55. The van der Waals surface area contributed by atoms with E-state index in [-0.39, 0.29) is 0 Å². The Morgan fingerprint density at radius 2 is 1.88 bits per heavy atom. The number of hydrogen-bond acceptors (Lipinski definition) is 1. The summed E-state index contributed by atoms with van der Waals surface area (Å²) in [5.41, 5.74) is 4.99. The van der Waals surface area contributed by atoms with Gasteiger partial charge in [0.15, 0.2) is 5.11 Å². The number of hydrogen-bond donors (Lipinski definition) is 2. The van der Waals surface area contributed by atoms with Crippen molar-refractivity contribution in [1.82, 2.24) is 4.90 Å². The summed E-state index contributed by atoms with van der Waals surface area (Å²) in [6.07, 6.45) is 0. The van der Waals surface area contributed by atoms with Crippen molar-refractivity contribution in [2.45, 2.75) is 19.9 Å². The first-order chi connectivity index (χ1) is 11.5. The maximum atomic E-state index is 5.75. The van der Waals surface area contributed by atoms with E-state index in [1.54, 1.807) is 4.90 Å². The van der Waals surface area contributed by atoms with Crippen molar-refractivity contribution in [2.75, 3.05) is 32.0 Å². The second-order valence-corrected chi connectivity index (χ2v) is 7.15. The maximum absolute atomic E-state index is 5.75. The van der Waals surface area contributed by atoms with Crippen LogP contribution in [0.2, 0.25) is 0 Å². The molecule has 1 heterocycles. The Hall–Kier alpha value is -1.91. The molecule has 2 aromatic carbocycles. The average Bonchev–Trinajstić information content (AvgIpc) is 2.59. The molecule has 2 atom stereocenters. The van der Waals surface area contributed by atoms with E-state index in [1.165, 1.54) is 16.7 Å². The molecule has 4 heteroatoms. The zero-order valence-electron chi connectivity index (χ0n) is 14.7. The minimum absolute atomic E-state index is 0.325. The van der Waals surface area contributed by atoms with Gasteiger partial charge in [-0.3, -0.25) is 0 Å². The Balaban J connectivity index is 1.79. The minimum atomic E-state index is 0.325. The lowest BCUT2D eigenvalue weighted by atomic mass is 10.0. The summed E-state index contributed by atoms with van der Waals surface area (Å²) in [5.74, 6) is 0. The average molecular weight is 341 g/mol. The molecule has 0 bridgehead atoms. The number of thiocarbonyl (C=S) groups is 1. The SMILES string of the molecule is Cc1ccc(NC(=S)N2CC[NH+](C)C[C@@H]2c2ccccc2)cc1C. The number of quaternary nitrogens is 1. The highest BCUT2D eigenvalue weighted by Crippen LogP contribution is 2.22. The molecule has 0 radical (unpaired) electrons. The predicted octanol–water partition coefficient (Wildman–Crippen LogP) is 2.57. The number of nitrogens with one attached hydrogen (secondary N) is 2. The molecular weight excluding hydrogens is 314 g/mol.